The quantitative estimate of drug-likeness (QED) is 0.0980. The van der Waals surface area contributed by atoms with Gasteiger partial charge in [0, 0.05) is 25.2 Å². The fraction of sp³-hybridized carbons (Fsp3) is 0.552. The molecular formula is C29H48N3O8PS. The predicted molar refractivity (Wildman–Crippen MR) is 166 cm³/mol. The summed E-state index contributed by atoms with van der Waals surface area (Å²) in [6.07, 6.45) is 11.6. The highest BCUT2D eigenvalue weighted by Crippen LogP contribution is 2.35. The first-order valence-corrected chi connectivity index (χ1v) is 17.6. The van der Waals surface area contributed by atoms with Gasteiger partial charge in [0.1, 0.15) is 5.75 Å². The van der Waals surface area contributed by atoms with Crippen LogP contribution in [0.3, 0.4) is 0 Å². The molecule has 0 aliphatic rings. The second-order valence-corrected chi connectivity index (χ2v) is 13.2. The molecule has 42 heavy (non-hydrogen) atoms. The fourth-order valence-electron chi connectivity index (χ4n) is 4.30. The van der Waals surface area contributed by atoms with Crippen LogP contribution in [0.2, 0.25) is 0 Å². The molecule has 0 saturated carbocycles. The highest BCUT2D eigenvalue weighted by molar-refractivity contribution is 7.92. The minimum atomic E-state index is -4.67. The van der Waals surface area contributed by atoms with Crippen LogP contribution in [0.4, 0.5) is 5.69 Å². The van der Waals surface area contributed by atoms with E-state index in [1.807, 2.05) is 24.3 Å². The molecule has 0 bridgehead atoms. The van der Waals surface area contributed by atoms with Gasteiger partial charge in [-0.3, -0.25) is 14.0 Å². The first-order chi connectivity index (χ1) is 19.4. The Balaban J connectivity index is 0.00000882. The molecule has 2 rings (SSSR count). The van der Waals surface area contributed by atoms with E-state index < -0.39 is 17.8 Å². The van der Waals surface area contributed by atoms with Gasteiger partial charge >= 0.3 is 7.82 Å². The summed E-state index contributed by atoms with van der Waals surface area (Å²) < 4.78 is 46.9. The van der Waals surface area contributed by atoms with Gasteiger partial charge < -0.3 is 25.6 Å². The lowest BCUT2D eigenvalue weighted by atomic mass is 10.1. The minimum absolute atomic E-state index is 0. The number of carbonyl (C=O) groups excluding carboxylic acids is 1. The number of hydrogen-bond donors (Lipinski definition) is 4. The SMILES string of the molecule is CCCCCCCCCCOc1cccc(CCC(=O)N(CCOP(=O)(O)O)Cc2ccc(NS(C)(=O)=O)cc2)c1.N. The highest BCUT2D eigenvalue weighted by Gasteiger charge is 2.18. The number of hydrogen-bond acceptors (Lipinski definition) is 7. The van der Waals surface area contributed by atoms with Crippen LogP contribution in [0.5, 0.6) is 5.75 Å². The second-order valence-electron chi connectivity index (χ2n) is 10.2. The summed E-state index contributed by atoms with van der Waals surface area (Å²) >= 11 is 0. The molecule has 0 radical (unpaired) electrons. The molecule has 0 atom stereocenters. The molecule has 2 aromatic carbocycles. The molecular weight excluding hydrogens is 581 g/mol. The maximum atomic E-state index is 13.1. The van der Waals surface area contributed by atoms with Crippen LogP contribution in [0.15, 0.2) is 48.5 Å². The Bertz CT molecular complexity index is 1210. The Morgan fingerprint density at radius 2 is 1.57 bits per heavy atom. The molecule has 0 heterocycles. The molecule has 13 heteroatoms. The van der Waals surface area contributed by atoms with Crippen LogP contribution in [-0.2, 0) is 36.9 Å². The number of anilines is 1. The molecule has 2 aromatic rings. The average molecular weight is 630 g/mol. The zero-order valence-electron chi connectivity index (χ0n) is 24.9. The van der Waals surface area contributed by atoms with Crippen molar-refractivity contribution in [2.24, 2.45) is 0 Å². The largest absolute Gasteiger partial charge is 0.494 e. The van der Waals surface area contributed by atoms with Crippen molar-refractivity contribution in [3.63, 3.8) is 0 Å². The van der Waals surface area contributed by atoms with Crippen molar-refractivity contribution in [3.8, 4) is 5.75 Å². The van der Waals surface area contributed by atoms with E-state index in [2.05, 4.69) is 16.2 Å². The van der Waals surface area contributed by atoms with Gasteiger partial charge in [0.2, 0.25) is 15.9 Å². The number of benzene rings is 2. The van der Waals surface area contributed by atoms with E-state index in [9.17, 15) is 17.8 Å². The van der Waals surface area contributed by atoms with Gasteiger partial charge in [0.05, 0.1) is 19.5 Å². The van der Waals surface area contributed by atoms with E-state index in [1.54, 1.807) is 24.3 Å². The van der Waals surface area contributed by atoms with Crippen molar-refractivity contribution in [1.82, 2.24) is 11.1 Å². The zero-order chi connectivity index (χ0) is 30.1. The molecule has 1 amide bonds. The van der Waals surface area contributed by atoms with Crippen LogP contribution < -0.4 is 15.6 Å². The molecule has 0 fully saturated rings. The normalized spacial score (nSPS) is 11.5. The van der Waals surface area contributed by atoms with Crippen LogP contribution in [0, 0.1) is 0 Å². The van der Waals surface area contributed by atoms with E-state index in [-0.39, 0.29) is 38.2 Å². The first kappa shape index (κ1) is 37.6. The monoisotopic (exact) mass is 629 g/mol. The molecule has 11 nitrogen and oxygen atoms in total. The van der Waals surface area contributed by atoms with Gasteiger partial charge in [-0.05, 0) is 48.2 Å². The second kappa shape index (κ2) is 19.7. The number of unbranched alkanes of at least 4 members (excludes halogenated alkanes) is 7. The van der Waals surface area contributed by atoms with Crippen molar-refractivity contribution in [2.75, 3.05) is 30.7 Å². The maximum absolute atomic E-state index is 13.1. The summed E-state index contributed by atoms with van der Waals surface area (Å²) in [5, 5.41) is 0. The van der Waals surface area contributed by atoms with Crippen LogP contribution in [-0.4, -0.2) is 55.0 Å². The van der Waals surface area contributed by atoms with Gasteiger partial charge in [-0.25, -0.2) is 13.0 Å². The number of rotatable bonds is 21. The van der Waals surface area contributed by atoms with Crippen molar-refractivity contribution in [1.29, 1.82) is 0 Å². The van der Waals surface area contributed by atoms with E-state index in [0.29, 0.717) is 18.7 Å². The minimum Gasteiger partial charge on any atom is -0.494 e. The Hall–Kier alpha value is -2.47. The molecule has 0 unspecified atom stereocenters. The lowest BCUT2D eigenvalue weighted by Gasteiger charge is -2.23. The summed E-state index contributed by atoms with van der Waals surface area (Å²) in [6, 6.07) is 14.2. The molecule has 0 aromatic heterocycles. The van der Waals surface area contributed by atoms with E-state index in [0.717, 1.165) is 36.0 Å². The third-order valence-corrected chi connectivity index (χ3v) is 7.52. The summed E-state index contributed by atoms with van der Waals surface area (Å²) in [6.45, 7) is 2.70. The third-order valence-electron chi connectivity index (χ3n) is 6.40. The van der Waals surface area contributed by atoms with E-state index in [1.165, 1.54) is 43.4 Å². The lowest BCUT2D eigenvalue weighted by molar-refractivity contribution is -0.132. The number of sulfonamides is 1. The van der Waals surface area contributed by atoms with Crippen molar-refractivity contribution >= 4 is 29.4 Å². The fourth-order valence-corrected chi connectivity index (χ4v) is 5.18. The number of nitrogens with one attached hydrogen (secondary N) is 1. The smallest absolute Gasteiger partial charge is 0.469 e. The van der Waals surface area contributed by atoms with E-state index >= 15 is 0 Å². The molecule has 0 saturated heterocycles. The van der Waals surface area contributed by atoms with Crippen molar-refractivity contribution in [3.05, 3.63) is 59.7 Å². The first-order valence-electron chi connectivity index (χ1n) is 14.2. The summed E-state index contributed by atoms with van der Waals surface area (Å²) in [7, 11) is -8.09. The number of phosphoric ester groups is 1. The van der Waals surface area contributed by atoms with Crippen molar-refractivity contribution in [2.45, 2.75) is 77.7 Å². The Morgan fingerprint density at radius 3 is 2.19 bits per heavy atom. The molecule has 6 N–H and O–H groups in total. The standard InChI is InChI=1S/C29H45N2O8PS.H3N/c1-3-4-5-6-7-8-9-10-21-38-28-13-11-12-25(23-28)16-19-29(32)31(20-22-39-40(33,34)35)24-26-14-17-27(18-15-26)30-41(2,36)37;/h11-15,17-18,23,30H,3-10,16,19-22,24H2,1-2H3,(H2,33,34,35);1H3. The predicted octanol–water partition coefficient (Wildman–Crippen LogP) is 5.81. The number of aryl methyl sites for hydroxylation is 1. The number of ether oxygens (including phenoxy) is 1. The Morgan fingerprint density at radius 1 is 0.929 bits per heavy atom. The van der Waals surface area contributed by atoms with Gasteiger partial charge in [-0.1, -0.05) is 76.1 Å². The van der Waals surface area contributed by atoms with Gasteiger partial charge in [-0.15, -0.1) is 0 Å². The number of nitrogens with zero attached hydrogens (tertiary/aromatic N) is 1. The van der Waals surface area contributed by atoms with Crippen LogP contribution in [0.25, 0.3) is 0 Å². The molecule has 0 aliphatic carbocycles. The zero-order valence-corrected chi connectivity index (χ0v) is 26.6. The third kappa shape index (κ3) is 17.5. The highest BCUT2D eigenvalue weighted by atomic mass is 32.2. The number of phosphoric acid groups is 1. The molecule has 238 valence electrons. The topological polar surface area (TPSA) is 177 Å². The van der Waals surface area contributed by atoms with Crippen molar-refractivity contribution < 1.29 is 36.8 Å². The van der Waals surface area contributed by atoms with Gasteiger partial charge in [-0.2, -0.15) is 0 Å². The number of amides is 1. The summed E-state index contributed by atoms with van der Waals surface area (Å²) in [4.78, 5) is 32.6. The van der Waals surface area contributed by atoms with Crippen LogP contribution >= 0.6 is 7.82 Å². The summed E-state index contributed by atoms with van der Waals surface area (Å²) in [5.41, 5.74) is 2.07. The van der Waals surface area contributed by atoms with Crippen LogP contribution in [0.1, 0.15) is 75.8 Å². The Labute approximate surface area is 250 Å². The van der Waals surface area contributed by atoms with E-state index in [4.69, 9.17) is 14.5 Å². The number of carbonyl (C=O) groups is 1. The molecule has 0 aliphatic heterocycles. The Kier molecular flexibility index (Phi) is 17.6. The van der Waals surface area contributed by atoms with Gasteiger partial charge in [0.15, 0.2) is 0 Å². The lowest BCUT2D eigenvalue weighted by Crippen LogP contribution is -2.33. The molecule has 0 spiro atoms. The maximum Gasteiger partial charge on any atom is 0.469 e. The summed E-state index contributed by atoms with van der Waals surface area (Å²) in [5.74, 6) is 0.565. The average Bonchev–Trinajstić information content (AvgIpc) is 2.90. The van der Waals surface area contributed by atoms with Gasteiger partial charge in [0.25, 0.3) is 0 Å².